The molecule has 0 aliphatic carbocycles. The van der Waals surface area contributed by atoms with E-state index in [1.54, 1.807) is 13.0 Å². The molecule has 1 aliphatic heterocycles. The van der Waals surface area contributed by atoms with Gasteiger partial charge in [-0.25, -0.2) is 0 Å². The lowest BCUT2D eigenvalue weighted by Gasteiger charge is -2.18. The lowest BCUT2D eigenvalue weighted by Crippen LogP contribution is -2.23. The van der Waals surface area contributed by atoms with Crippen LogP contribution in [0.1, 0.15) is 46.7 Å². The van der Waals surface area contributed by atoms with Crippen molar-refractivity contribution < 1.29 is 18.6 Å². The zero-order valence-corrected chi connectivity index (χ0v) is 11.7. The van der Waals surface area contributed by atoms with Crippen LogP contribution < -0.4 is 5.32 Å². The Morgan fingerprint density at radius 3 is 2.86 bits per heavy atom. The fourth-order valence-corrected chi connectivity index (χ4v) is 2.18. The van der Waals surface area contributed by atoms with Gasteiger partial charge in [0.15, 0.2) is 11.5 Å². The van der Waals surface area contributed by atoms with Crippen LogP contribution in [0.5, 0.6) is 0 Å². The molecule has 2 aromatic rings. The minimum Gasteiger partial charge on any atom is -0.381 e. The maximum atomic E-state index is 11.8. The molecule has 0 bridgehead atoms. The maximum absolute atomic E-state index is 11.8. The zero-order valence-electron chi connectivity index (χ0n) is 11.7. The molecule has 21 heavy (non-hydrogen) atoms. The summed E-state index contributed by atoms with van der Waals surface area (Å²) in [5.74, 6) is 1.58. The topological polar surface area (TPSA) is 103 Å². The van der Waals surface area contributed by atoms with E-state index in [0.717, 1.165) is 26.1 Å². The largest absolute Gasteiger partial charge is 0.381 e. The van der Waals surface area contributed by atoms with Crippen molar-refractivity contribution in [1.29, 1.82) is 0 Å². The average Bonchev–Trinajstić information content (AvgIpc) is 3.15. The highest BCUT2D eigenvalue weighted by atomic mass is 16.5. The first-order valence-corrected chi connectivity index (χ1v) is 6.84. The average molecular weight is 292 g/mol. The van der Waals surface area contributed by atoms with Crippen molar-refractivity contribution in [3.05, 3.63) is 29.2 Å². The smallest absolute Gasteiger partial charge is 0.273 e. The first kappa shape index (κ1) is 13.7. The van der Waals surface area contributed by atoms with Gasteiger partial charge in [0.2, 0.25) is 5.89 Å². The second-order valence-electron chi connectivity index (χ2n) is 4.94. The van der Waals surface area contributed by atoms with Crippen LogP contribution in [0.3, 0.4) is 0 Å². The third kappa shape index (κ3) is 3.27. The summed E-state index contributed by atoms with van der Waals surface area (Å²) in [4.78, 5) is 16.1. The molecule has 0 unspecified atom stereocenters. The van der Waals surface area contributed by atoms with Crippen molar-refractivity contribution in [2.24, 2.45) is 0 Å². The molecule has 1 aliphatic rings. The monoisotopic (exact) mass is 292 g/mol. The van der Waals surface area contributed by atoms with E-state index in [0.29, 0.717) is 17.5 Å². The van der Waals surface area contributed by atoms with Gasteiger partial charge in [-0.3, -0.25) is 4.79 Å². The van der Waals surface area contributed by atoms with Gasteiger partial charge >= 0.3 is 0 Å². The number of hydrogen-bond donors (Lipinski definition) is 1. The van der Waals surface area contributed by atoms with E-state index >= 15 is 0 Å². The molecular weight excluding hydrogens is 276 g/mol. The van der Waals surface area contributed by atoms with Crippen LogP contribution in [-0.2, 0) is 11.3 Å². The van der Waals surface area contributed by atoms with Crippen LogP contribution >= 0.6 is 0 Å². The molecule has 0 aromatic carbocycles. The van der Waals surface area contributed by atoms with Crippen LogP contribution in [0.25, 0.3) is 0 Å². The Morgan fingerprint density at radius 2 is 2.14 bits per heavy atom. The number of nitrogens with zero attached hydrogens (tertiary/aromatic N) is 3. The Morgan fingerprint density at radius 1 is 1.33 bits per heavy atom. The van der Waals surface area contributed by atoms with Crippen LogP contribution in [0, 0.1) is 6.92 Å². The Labute approximate surface area is 120 Å². The number of hydrogen-bond acceptors (Lipinski definition) is 7. The van der Waals surface area contributed by atoms with Gasteiger partial charge in [-0.05, 0) is 19.8 Å². The summed E-state index contributed by atoms with van der Waals surface area (Å²) in [5.41, 5.74) is 0.233. The molecule has 1 amide bonds. The number of carbonyl (C=O) groups is 1. The lowest BCUT2D eigenvalue weighted by molar-refractivity contribution is 0.0830. The summed E-state index contributed by atoms with van der Waals surface area (Å²) in [6, 6.07) is 1.57. The molecule has 0 atom stereocenters. The van der Waals surface area contributed by atoms with E-state index in [9.17, 15) is 4.79 Å². The quantitative estimate of drug-likeness (QED) is 0.902. The van der Waals surface area contributed by atoms with Crippen LogP contribution in [-0.4, -0.2) is 34.4 Å². The summed E-state index contributed by atoms with van der Waals surface area (Å²) >= 11 is 0. The fourth-order valence-electron chi connectivity index (χ4n) is 2.18. The highest BCUT2D eigenvalue weighted by molar-refractivity contribution is 5.92. The standard InChI is InChI=1S/C13H16N4O4/c1-8-6-10(16-20-8)13(18)14-7-11-15-12(17-21-11)9-2-4-19-5-3-9/h6,9H,2-5,7H2,1H3,(H,14,18). The van der Waals surface area contributed by atoms with E-state index in [2.05, 4.69) is 20.6 Å². The molecule has 1 N–H and O–H groups in total. The second kappa shape index (κ2) is 6.04. The SMILES string of the molecule is Cc1cc(C(=O)NCc2nc(C3CCOCC3)no2)no1. The predicted molar refractivity (Wildman–Crippen MR) is 69.5 cm³/mol. The van der Waals surface area contributed by atoms with E-state index in [1.807, 2.05) is 0 Å². The van der Waals surface area contributed by atoms with Gasteiger partial charge in [0.05, 0.1) is 6.54 Å². The van der Waals surface area contributed by atoms with Gasteiger partial charge in [-0.2, -0.15) is 4.98 Å². The molecule has 3 heterocycles. The lowest BCUT2D eigenvalue weighted by atomic mass is 10.00. The minimum atomic E-state index is -0.335. The second-order valence-corrected chi connectivity index (χ2v) is 4.94. The molecule has 0 spiro atoms. The Hall–Kier alpha value is -2.22. The molecule has 112 valence electrons. The fraction of sp³-hybridized carbons (Fsp3) is 0.538. The molecule has 3 rings (SSSR count). The molecule has 2 aromatic heterocycles. The van der Waals surface area contributed by atoms with Crippen molar-refractivity contribution in [3.63, 3.8) is 0 Å². The summed E-state index contributed by atoms with van der Waals surface area (Å²) in [6.45, 7) is 3.33. The van der Waals surface area contributed by atoms with Crippen LogP contribution in [0.2, 0.25) is 0 Å². The van der Waals surface area contributed by atoms with E-state index in [-0.39, 0.29) is 24.1 Å². The van der Waals surface area contributed by atoms with E-state index in [4.69, 9.17) is 13.8 Å². The van der Waals surface area contributed by atoms with Crippen molar-refractivity contribution in [2.75, 3.05) is 13.2 Å². The van der Waals surface area contributed by atoms with Crippen LogP contribution in [0.15, 0.2) is 15.1 Å². The first-order chi connectivity index (χ1) is 10.2. The number of ether oxygens (including phenoxy) is 1. The highest BCUT2D eigenvalue weighted by Crippen LogP contribution is 2.24. The summed E-state index contributed by atoms with van der Waals surface area (Å²) in [5, 5.41) is 10.3. The zero-order chi connectivity index (χ0) is 14.7. The van der Waals surface area contributed by atoms with Crippen molar-refractivity contribution in [3.8, 4) is 0 Å². The molecule has 0 radical (unpaired) electrons. The molecule has 1 saturated heterocycles. The molecule has 0 saturated carbocycles. The Balaban J connectivity index is 1.56. The van der Waals surface area contributed by atoms with Gasteiger partial charge in [-0.15, -0.1) is 0 Å². The van der Waals surface area contributed by atoms with Crippen molar-refractivity contribution >= 4 is 5.91 Å². The van der Waals surface area contributed by atoms with Crippen LogP contribution in [0.4, 0.5) is 0 Å². The number of amides is 1. The number of aromatic nitrogens is 3. The first-order valence-electron chi connectivity index (χ1n) is 6.84. The third-order valence-corrected chi connectivity index (χ3v) is 3.33. The van der Waals surface area contributed by atoms with Gasteiger partial charge < -0.3 is 19.1 Å². The van der Waals surface area contributed by atoms with Gasteiger partial charge in [-0.1, -0.05) is 10.3 Å². The normalized spacial score (nSPS) is 16.0. The maximum Gasteiger partial charge on any atom is 0.273 e. The number of rotatable bonds is 4. The third-order valence-electron chi connectivity index (χ3n) is 3.33. The molecule has 8 heteroatoms. The number of nitrogens with one attached hydrogen (secondary N) is 1. The van der Waals surface area contributed by atoms with Gasteiger partial charge in [0.25, 0.3) is 5.91 Å². The van der Waals surface area contributed by atoms with Crippen molar-refractivity contribution in [1.82, 2.24) is 20.6 Å². The summed E-state index contributed by atoms with van der Waals surface area (Å²) in [6.07, 6.45) is 1.78. The number of carbonyl (C=O) groups excluding carboxylic acids is 1. The van der Waals surface area contributed by atoms with Gasteiger partial charge in [0, 0.05) is 25.2 Å². The Bertz CT molecular complexity index is 615. The number of aryl methyl sites for hydroxylation is 1. The van der Waals surface area contributed by atoms with Crippen molar-refractivity contribution in [2.45, 2.75) is 32.2 Å². The summed E-state index contributed by atoms with van der Waals surface area (Å²) < 4.78 is 15.3. The minimum absolute atomic E-state index is 0.168. The highest BCUT2D eigenvalue weighted by Gasteiger charge is 2.21. The molecule has 1 fully saturated rings. The predicted octanol–water partition coefficient (Wildman–Crippen LogP) is 1.19. The molecule has 8 nitrogen and oxygen atoms in total. The summed E-state index contributed by atoms with van der Waals surface area (Å²) in [7, 11) is 0. The Kier molecular flexibility index (Phi) is 3.96. The van der Waals surface area contributed by atoms with Gasteiger partial charge in [0.1, 0.15) is 5.76 Å². The van der Waals surface area contributed by atoms with E-state index < -0.39 is 0 Å². The molecular formula is C13H16N4O4. The van der Waals surface area contributed by atoms with E-state index in [1.165, 1.54) is 0 Å².